The van der Waals surface area contributed by atoms with Crippen LogP contribution >= 0.6 is 0 Å². The van der Waals surface area contributed by atoms with Crippen molar-refractivity contribution in [2.45, 2.75) is 33.1 Å². The van der Waals surface area contributed by atoms with E-state index in [1.54, 1.807) is 0 Å². The minimum Gasteiger partial charge on any atom is -0.457 e. The number of nitrogens with zero attached hydrogens (tertiary/aromatic N) is 1. The van der Waals surface area contributed by atoms with Gasteiger partial charge in [-0.2, -0.15) is 0 Å². The van der Waals surface area contributed by atoms with E-state index in [-0.39, 0.29) is 6.61 Å². The van der Waals surface area contributed by atoms with Crippen molar-refractivity contribution in [1.82, 2.24) is 4.90 Å². The number of benzene rings is 1. The van der Waals surface area contributed by atoms with Gasteiger partial charge in [0.2, 0.25) is 12.1 Å². The lowest BCUT2D eigenvalue weighted by Crippen LogP contribution is -2.60. The molecule has 1 saturated heterocycles. The van der Waals surface area contributed by atoms with Crippen molar-refractivity contribution in [3.8, 4) is 0 Å². The van der Waals surface area contributed by atoms with Crippen LogP contribution in [0.25, 0.3) is 0 Å². The third kappa shape index (κ3) is 2.78. The van der Waals surface area contributed by atoms with E-state index in [1.807, 2.05) is 51.1 Å². The molecule has 1 aliphatic heterocycles. The first-order valence-electron chi connectivity index (χ1n) is 6.99. The summed E-state index contributed by atoms with van der Waals surface area (Å²) in [6.07, 6.45) is 0.655. The molecule has 0 aromatic heterocycles. The van der Waals surface area contributed by atoms with Crippen molar-refractivity contribution >= 4 is 12.4 Å². The molecule has 5 nitrogen and oxygen atoms in total. The molecule has 0 bridgehead atoms. The predicted molar refractivity (Wildman–Crippen MR) is 77.1 cm³/mol. The van der Waals surface area contributed by atoms with E-state index in [1.165, 1.54) is 4.90 Å². The zero-order chi connectivity index (χ0) is 15.5. The molecule has 1 heterocycles. The van der Waals surface area contributed by atoms with Crippen LogP contribution in [0.4, 0.5) is 0 Å². The molecule has 21 heavy (non-hydrogen) atoms. The van der Waals surface area contributed by atoms with Crippen LogP contribution in [0.5, 0.6) is 0 Å². The normalized spacial score (nSPS) is 22.1. The van der Waals surface area contributed by atoms with Gasteiger partial charge in [0.1, 0.15) is 6.61 Å². The summed E-state index contributed by atoms with van der Waals surface area (Å²) in [4.78, 5) is 25.3. The summed E-state index contributed by atoms with van der Waals surface area (Å²) >= 11 is 0. The molecule has 0 aliphatic carbocycles. The number of ether oxygens (including phenoxy) is 2. The summed E-state index contributed by atoms with van der Waals surface area (Å²) in [6.45, 7) is 6.46. The van der Waals surface area contributed by atoms with Crippen LogP contribution < -0.4 is 0 Å². The molecular formula is C16H21NO4. The monoisotopic (exact) mass is 291 g/mol. The number of esters is 1. The van der Waals surface area contributed by atoms with E-state index in [4.69, 9.17) is 9.47 Å². The Kier molecular flexibility index (Phi) is 4.32. The minimum absolute atomic E-state index is 0.160. The first-order chi connectivity index (χ1) is 9.91. The van der Waals surface area contributed by atoms with Gasteiger partial charge < -0.3 is 14.4 Å². The smallest absolute Gasteiger partial charge is 0.360 e. The van der Waals surface area contributed by atoms with Crippen LogP contribution in [0.2, 0.25) is 0 Å². The Labute approximate surface area is 124 Å². The number of carbonyl (C=O) groups excluding carboxylic acids is 2. The second-order valence-corrected chi connectivity index (χ2v) is 6.10. The molecule has 1 amide bonds. The average molecular weight is 291 g/mol. The fraction of sp³-hybridized carbons (Fsp3) is 0.500. The van der Waals surface area contributed by atoms with Crippen molar-refractivity contribution in [2.75, 3.05) is 13.2 Å². The van der Waals surface area contributed by atoms with Crippen molar-refractivity contribution in [1.29, 1.82) is 0 Å². The van der Waals surface area contributed by atoms with E-state index in [9.17, 15) is 9.59 Å². The summed E-state index contributed by atoms with van der Waals surface area (Å²) in [5.74, 6) is -0.525. The highest BCUT2D eigenvalue weighted by atomic mass is 16.6. The lowest BCUT2D eigenvalue weighted by molar-refractivity contribution is -0.205. The van der Waals surface area contributed by atoms with Crippen LogP contribution in [-0.4, -0.2) is 36.2 Å². The standard InChI is InChI=1S/C16H21NO4/c1-15(2,3)16(17(12-18)9-10-21-16)14(19)20-11-13-7-5-4-6-8-13/h4-8,12H,9-11H2,1-3H3/t16-/m0/s1. The first kappa shape index (κ1) is 15.5. The molecule has 1 atom stereocenters. The molecule has 2 rings (SSSR count). The number of carbonyl (C=O) groups is 2. The van der Waals surface area contributed by atoms with Gasteiger partial charge in [-0.3, -0.25) is 4.79 Å². The molecule has 0 spiro atoms. The van der Waals surface area contributed by atoms with Crippen LogP contribution in [0.15, 0.2) is 30.3 Å². The fourth-order valence-corrected chi connectivity index (χ4v) is 2.61. The van der Waals surface area contributed by atoms with Gasteiger partial charge in [-0.1, -0.05) is 51.1 Å². The molecule has 0 radical (unpaired) electrons. The Morgan fingerprint density at radius 3 is 2.62 bits per heavy atom. The van der Waals surface area contributed by atoms with E-state index in [2.05, 4.69) is 0 Å². The molecule has 1 fully saturated rings. The van der Waals surface area contributed by atoms with E-state index < -0.39 is 17.1 Å². The second kappa shape index (κ2) is 5.85. The highest BCUT2D eigenvalue weighted by Crippen LogP contribution is 2.40. The van der Waals surface area contributed by atoms with Gasteiger partial charge in [0.05, 0.1) is 6.61 Å². The molecule has 1 aliphatic rings. The summed E-state index contributed by atoms with van der Waals surface area (Å²) in [5.41, 5.74) is -1.05. The predicted octanol–water partition coefficient (Wildman–Crippen LogP) is 1.96. The number of hydrogen-bond donors (Lipinski definition) is 0. The summed E-state index contributed by atoms with van der Waals surface area (Å²) in [7, 11) is 0. The fourth-order valence-electron chi connectivity index (χ4n) is 2.61. The Morgan fingerprint density at radius 2 is 2.05 bits per heavy atom. The van der Waals surface area contributed by atoms with E-state index >= 15 is 0 Å². The lowest BCUT2D eigenvalue weighted by atomic mass is 9.82. The van der Waals surface area contributed by atoms with Gasteiger partial charge in [-0.05, 0) is 5.56 Å². The summed E-state index contributed by atoms with van der Waals surface area (Å²) in [6, 6.07) is 9.42. The maximum Gasteiger partial charge on any atom is 0.360 e. The Hall–Kier alpha value is -1.88. The molecule has 1 aromatic carbocycles. The second-order valence-electron chi connectivity index (χ2n) is 6.10. The zero-order valence-electron chi connectivity index (χ0n) is 12.7. The minimum atomic E-state index is -1.36. The van der Waals surface area contributed by atoms with E-state index in [0.717, 1.165) is 5.56 Å². The Balaban J connectivity index is 2.18. The van der Waals surface area contributed by atoms with Crippen LogP contribution in [0.1, 0.15) is 26.3 Å². The van der Waals surface area contributed by atoms with E-state index in [0.29, 0.717) is 19.6 Å². The molecular weight excluding hydrogens is 270 g/mol. The first-order valence-corrected chi connectivity index (χ1v) is 6.99. The van der Waals surface area contributed by atoms with Gasteiger partial charge in [0, 0.05) is 12.0 Å². The Morgan fingerprint density at radius 1 is 1.38 bits per heavy atom. The molecule has 5 heteroatoms. The molecule has 114 valence electrons. The summed E-state index contributed by atoms with van der Waals surface area (Å²) in [5, 5.41) is 0. The molecule has 0 unspecified atom stereocenters. The van der Waals surface area contributed by atoms with Gasteiger partial charge in [0.15, 0.2) is 0 Å². The quantitative estimate of drug-likeness (QED) is 0.628. The number of amides is 1. The number of rotatable bonds is 4. The van der Waals surface area contributed by atoms with Crippen LogP contribution in [0.3, 0.4) is 0 Å². The largest absolute Gasteiger partial charge is 0.457 e. The van der Waals surface area contributed by atoms with Gasteiger partial charge in [0.25, 0.3) is 0 Å². The maximum absolute atomic E-state index is 12.6. The summed E-state index contributed by atoms with van der Waals surface area (Å²) < 4.78 is 11.1. The maximum atomic E-state index is 12.6. The molecule has 1 aromatic rings. The highest BCUT2D eigenvalue weighted by Gasteiger charge is 2.58. The molecule has 0 N–H and O–H groups in total. The van der Waals surface area contributed by atoms with Crippen molar-refractivity contribution in [2.24, 2.45) is 5.41 Å². The average Bonchev–Trinajstić information content (AvgIpc) is 2.90. The number of hydrogen-bond acceptors (Lipinski definition) is 4. The van der Waals surface area contributed by atoms with Crippen molar-refractivity contribution in [3.63, 3.8) is 0 Å². The van der Waals surface area contributed by atoms with Crippen molar-refractivity contribution in [3.05, 3.63) is 35.9 Å². The Bertz CT molecular complexity index is 509. The van der Waals surface area contributed by atoms with Gasteiger partial charge in [-0.25, -0.2) is 4.79 Å². The third-order valence-corrected chi connectivity index (χ3v) is 3.68. The van der Waals surface area contributed by atoms with Crippen LogP contribution in [-0.2, 0) is 25.7 Å². The third-order valence-electron chi connectivity index (χ3n) is 3.68. The van der Waals surface area contributed by atoms with Crippen LogP contribution in [0, 0.1) is 5.41 Å². The lowest BCUT2D eigenvalue weighted by Gasteiger charge is -2.42. The zero-order valence-corrected chi connectivity index (χ0v) is 12.7. The van der Waals surface area contributed by atoms with Crippen molar-refractivity contribution < 1.29 is 19.1 Å². The topological polar surface area (TPSA) is 55.8 Å². The SMILES string of the molecule is CC(C)(C)[C@]1(C(=O)OCc2ccccc2)OCCN1C=O. The van der Waals surface area contributed by atoms with Gasteiger partial charge in [-0.15, -0.1) is 0 Å². The highest BCUT2D eigenvalue weighted by molar-refractivity contribution is 5.83. The molecule has 0 saturated carbocycles. The van der Waals surface area contributed by atoms with Gasteiger partial charge >= 0.3 is 5.97 Å².